The van der Waals surface area contributed by atoms with Crippen LogP contribution in [0.5, 0.6) is 5.75 Å². The minimum atomic E-state index is -0.492. The number of rotatable bonds is 10. The Bertz CT molecular complexity index is 951. The lowest BCUT2D eigenvalue weighted by Crippen LogP contribution is -2.35. The summed E-state index contributed by atoms with van der Waals surface area (Å²) in [6, 6.07) is 4.36. The molecular weight excluding hydrogens is 403 g/mol. The molecule has 3 N–H and O–H groups in total. The Kier molecular flexibility index (Phi) is 6.38. The molecular formula is C21H25FN6O3. The van der Waals surface area contributed by atoms with Crippen LogP contribution in [0.25, 0.3) is 0 Å². The topological polar surface area (TPSA) is 108 Å². The van der Waals surface area contributed by atoms with Gasteiger partial charge < -0.3 is 4.74 Å². The number of carbonyl (C=O) groups is 2. The summed E-state index contributed by atoms with van der Waals surface area (Å²) in [6.45, 7) is 3.08. The fraction of sp³-hybridized carbons (Fsp3) is 0.429. The van der Waals surface area contributed by atoms with Crippen LogP contribution in [0, 0.1) is 11.7 Å². The second kappa shape index (κ2) is 9.36. The SMILES string of the molecule is CC(NNCCc1cnc(N2CC(=O)NC2=O)cn1)c1ccc(F)c(OCC2CC2)c1. The molecule has 1 unspecified atom stereocenters. The van der Waals surface area contributed by atoms with Crippen LogP contribution in [-0.4, -0.2) is 41.6 Å². The standard InChI is InChI=1S/C21H25FN6O3/c1-13(15-4-5-17(22)18(8-15)31-12-14-2-3-14)27-25-7-6-16-9-24-19(10-23-16)28-11-20(29)26-21(28)30/h4-5,8-10,13-14,25,27H,2-3,6-7,11-12H2,1H3,(H,26,29,30). The number of imide groups is 1. The van der Waals surface area contributed by atoms with Crippen LogP contribution >= 0.6 is 0 Å². The van der Waals surface area contributed by atoms with E-state index in [1.54, 1.807) is 18.3 Å². The summed E-state index contributed by atoms with van der Waals surface area (Å²) in [6.07, 6.45) is 5.98. The first kappa shape index (κ1) is 21.1. The highest BCUT2D eigenvalue weighted by molar-refractivity contribution is 6.11. The van der Waals surface area contributed by atoms with Crippen molar-refractivity contribution in [1.29, 1.82) is 0 Å². The summed E-state index contributed by atoms with van der Waals surface area (Å²) in [5.74, 6) is 0.488. The second-order valence-electron chi connectivity index (χ2n) is 7.79. The number of carbonyl (C=O) groups excluding carboxylic acids is 2. The van der Waals surface area contributed by atoms with E-state index < -0.39 is 6.03 Å². The first-order valence-electron chi connectivity index (χ1n) is 10.3. The van der Waals surface area contributed by atoms with Crippen molar-refractivity contribution in [3.8, 4) is 5.75 Å². The average Bonchev–Trinajstić information content (AvgIpc) is 3.53. The summed E-state index contributed by atoms with van der Waals surface area (Å²) < 4.78 is 19.6. The van der Waals surface area contributed by atoms with E-state index in [1.165, 1.54) is 17.2 Å². The molecule has 10 heteroatoms. The maximum Gasteiger partial charge on any atom is 0.330 e. The summed E-state index contributed by atoms with van der Waals surface area (Å²) in [7, 11) is 0. The fourth-order valence-corrected chi connectivity index (χ4v) is 3.13. The van der Waals surface area contributed by atoms with Gasteiger partial charge in [0, 0.05) is 19.0 Å². The number of anilines is 1. The lowest BCUT2D eigenvalue weighted by Gasteiger charge is -2.17. The maximum atomic E-state index is 14.0. The van der Waals surface area contributed by atoms with Crippen molar-refractivity contribution in [1.82, 2.24) is 26.1 Å². The number of hydrogen-bond donors (Lipinski definition) is 3. The Labute approximate surface area is 179 Å². The van der Waals surface area contributed by atoms with Crippen molar-refractivity contribution in [3.63, 3.8) is 0 Å². The van der Waals surface area contributed by atoms with Crippen molar-refractivity contribution < 1.29 is 18.7 Å². The molecule has 0 spiro atoms. The van der Waals surface area contributed by atoms with Crippen LogP contribution in [0.2, 0.25) is 0 Å². The monoisotopic (exact) mass is 428 g/mol. The highest BCUT2D eigenvalue weighted by Crippen LogP contribution is 2.31. The van der Waals surface area contributed by atoms with E-state index >= 15 is 0 Å². The molecule has 0 radical (unpaired) electrons. The molecule has 1 aliphatic carbocycles. The van der Waals surface area contributed by atoms with Gasteiger partial charge in [0.15, 0.2) is 17.4 Å². The van der Waals surface area contributed by atoms with Gasteiger partial charge in [-0.3, -0.25) is 30.8 Å². The number of ether oxygens (including phenoxy) is 1. The average molecular weight is 428 g/mol. The number of nitrogens with one attached hydrogen (secondary N) is 3. The number of urea groups is 1. The van der Waals surface area contributed by atoms with Gasteiger partial charge in [-0.25, -0.2) is 14.2 Å². The van der Waals surface area contributed by atoms with Crippen LogP contribution in [-0.2, 0) is 11.2 Å². The van der Waals surface area contributed by atoms with Crippen molar-refractivity contribution in [2.45, 2.75) is 32.2 Å². The predicted octanol–water partition coefficient (Wildman–Crippen LogP) is 1.86. The number of nitrogens with zero attached hydrogens (tertiary/aromatic N) is 3. The lowest BCUT2D eigenvalue weighted by molar-refractivity contribution is -0.117. The molecule has 2 aromatic rings. The third kappa shape index (κ3) is 5.53. The zero-order valence-corrected chi connectivity index (χ0v) is 17.2. The molecule has 2 heterocycles. The highest BCUT2D eigenvalue weighted by atomic mass is 19.1. The third-order valence-corrected chi connectivity index (χ3v) is 5.21. The predicted molar refractivity (Wildman–Crippen MR) is 111 cm³/mol. The van der Waals surface area contributed by atoms with Gasteiger partial charge in [0.25, 0.3) is 0 Å². The minimum Gasteiger partial charge on any atom is -0.490 e. The number of hydrazine groups is 1. The van der Waals surface area contributed by atoms with E-state index in [0.29, 0.717) is 37.1 Å². The quantitative estimate of drug-likeness (QED) is 0.301. The summed E-state index contributed by atoms with van der Waals surface area (Å²) in [4.78, 5) is 32.7. The Morgan fingerprint density at radius 2 is 2.13 bits per heavy atom. The minimum absolute atomic E-state index is 0.0487. The Balaban J connectivity index is 1.22. The normalized spacial score (nSPS) is 17.0. The molecule has 1 aromatic carbocycles. The number of aromatic nitrogens is 2. The third-order valence-electron chi connectivity index (χ3n) is 5.21. The molecule has 1 saturated carbocycles. The van der Waals surface area contributed by atoms with Crippen LogP contribution in [0.15, 0.2) is 30.6 Å². The van der Waals surface area contributed by atoms with Gasteiger partial charge in [-0.2, -0.15) is 0 Å². The smallest absolute Gasteiger partial charge is 0.330 e. The Morgan fingerprint density at radius 1 is 1.29 bits per heavy atom. The van der Waals surface area contributed by atoms with Crippen LogP contribution in [0.4, 0.5) is 15.0 Å². The van der Waals surface area contributed by atoms with Gasteiger partial charge in [0.2, 0.25) is 5.91 Å². The van der Waals surface area contributed by atoms with E-state index in [1.807, 2.05) is 6.92 Å². The lowest BCUT2D eigenvalue weighted by atomic mass is 10.1. The summed E-state index contributed by atoms with van der Waals surface area (Å²) >= 11 is 0. The summed E-state index contributed by atoms with van der Waals surface area (Å²) in [5.41, 5.74) is 7.99. The molecule has 2 fully saturated rings. The zero-order valence-electron chi connectivity index (χ0n) is 17.2. The summed E-state index contributed by atoms with van der Waals surface area (Å²) in [5, 5.41) is 2.20. The van der Waals surface area contributed by atoms with Crippen LogP contribution in [0.1, 0.15) is 37.1 Å². The van der Waals surface area contributed by atoms with Crippen molar-refractivity contribution in [3.05, 3.63) is 47.7 Å². The Hall–Kier alpha value is -3.11. The molecule has 3 amide bonds. The largest absolute Gasteiger partial charge is 0.490 e. The molecule has 1 aliphatic heterocycles. The molecule has 1 atom stereocenters. The number of hydrogen-bond acceptors (Lipinski definition) is 7. The molecule has 31 heavy (non-hydrogen) atoms. The maximum absolute atomic E-state index is 14.0. The van der Waals surface area contributed by atoms with Crippen molar-refractivity contribution in [2.24, 2.45) is 5.92 Å². The van der Waals surface area contributed by atoms with Gasteiger partial charge in [-0.1, -0.05) is 6.07 Å². The van der Waals surface area contributed by atoms with E-state index in [-0.39, 0.29) is 24.3 Å². The van der Waals surface area contributed by atoms with Gasteiger partial charge in [0.05, 0.1) is 24.7 Å². The van der Waals surface area contributed by atoms with Gasteiger partial charge in [-0.15, -0.1) is 0 Å². The molecule has 2 aliphatic rings. The molecule has 164 valence electrons. The Morgan fingerprint density at radius 3 is 2.81 bits per heavy atom. The van der Waals surface area contributed by atoms with Crippen LogP contribution < -0.4 is 25.8 Å². The van der Waals surface area contributed by atoms with Gasteiger partial charge >= 0.3 is 6.03 Å². The number of halogens is 1. The van der Waals surface area contributed by atoms with Gasteiger partial charge in [0.1, 0.15) is 6.54 Å². The molecule has 1 saturated heterocycles. The first-order valence-corrected chi connectivity index (χ1v) is 10.3. The van der Waals surface area contributed by atoms with E-state index in [9.17, 15) is 14.0 Å². The number of amides is 3. The molecule has 9 nitrogen and oxygen atoms in total. The van der Waals surface area contributed by atoms with E-state index in [4.69, 9.17) is 4.74 Å². The zero-order chi connectivity index (χ0) is 21.8. The number of benzene rings is 1. The van der Waals surface area contributed by atoms with E-state index in [2.05, 4.69) is 26.1 Å². The van der Waals surface area contributed by atoms with Gasteiger partial charge in [-0.05, 0) is 43.4 Å². The second-order valence-corrected chi connectivity index (χ2v) is 7.79. The van der Waals surface area contributed by atoms with Crippen LogP contribution in [0.3, 0.4) is 0 Å². The molecule has 1 aromatic heterocycles. The van der Waals surface area contributed by atoms with E-state index in [0.717, 1.165) is 24.1 Å². The first-order chi connectivity index (χ1) is 15.0. The van der Waals surface area contributed by atoms with Crippen molar-refractivity contribution in [2.75, 3.05) is 24.6 Å². The molecule has 4 rings (SSSR count). The highest BCUT2D eigenvalue weighted by Gasteiger charge is 2.29. The molecule has 0 bridgehead atoms. The van der Waals surface area contributed by atoms with Crippen molar-refractivity contribution >= 4 is 17.8 Å². The fourth-order valence-electron chi connectivity index (χ4n) is 3.13.